The lowest BCUT2D eigenvalue weighted by Crippen LogP contribution is -2.33. The number of nitro groups is 1. The zero-order valence-corrected chi connectivity index (χ0v) is 12.2. The summed E-state index contributed by atoms with van der Waals surface area (Å²) < 4.78 is 0. The van der Waals surface area contributed by atoms with E-state index in [2.05, 4.69) is 24.5 Å². The van der Waals surface area contributed by atoms with Crippen molar-refractivity contribution < 1.29 is 9.72 Å². The van der Waals surface area contributed by atoms with Gasteiger partial charge >= 0.3 is 0 Å². The van der Waals surface area contributed by atoms with Crippen molar-refractivity contribution in [3.63, 3.8) is 0 Å². The Morgan fingerprint density at radius 3 is 2.67 bits per heavy atom. The van der Waals surface area contributed by atoms with E-state index in [1.807, 2.05) is 6.07 Å². The summed E-state index contributed by atoms with van der Waals surface area (Å²) in [6, 6.07) is 3.29. The van der Waals surface area contributed by atoms with Gasteiger partial charge in [-0.2, -0.15) is 0 Å². The molecule has 1 saturated carbocycles. The fourth-order valence-electron chi connectivity index (χ4n) is 2.92. The molecular formula is C15H19N3O3. The van der Waals surface area contributed by atoms with Crippen LogP contribution in [0, 0.1) is 16.0 Å². The normalized spacial score (nSPS) is 17.9. The third-order valence-electron chi connectivity index (χ3n) is 4.37. The van der Waals surface area contributed by atoms with Crippen LogP contribution in [0.2, 0.25) is 0 Å². The molecule has 0 aromatic heterocycles. The summed E-state index contributed by atoms with van der Waals surface area (Å²) in [5.74, 6) is 0.476. The summed E-state index contributed by atoms with van der Waals surface area (Å²) in [6.45, 7) is 4.16. The Kier molecular flexibility index (Phi) is 3.11. The van der Waals surface area contributed by atoms with Gasteiger partial charge in [0.05, 0.1) is 10.6 Å². The number of fused-ring (bicyclic) bond motifs is 1. The minimum atomic E-state index is -0.396. The third-order valence-corrected chi connectivity index (χ3v) is 4.37. The monoisotopic (exact) mass is 289 g/mol. The fourth-order valence-corrected chi connectivity index (χ4v) is 2.92. The number of hydrogen-bond acceptors (Lipinski definition) is 4. The molecule has 6 heteroatoms. The number of nitrogens with one attached hydrogen (secondary N) is 2. The lowest BCUT2D eigenvalue weighted by molar-refractivity contribution is -0.383. The van der Waals surface area contributed by atoms with Crippen molar-refractivity contribution in [3.05, 3.63) is 27.8 Å². The molecule has 3 rings (SSSR count). The molecule has 1 amide bonds. The maximum absolute atomic E-state index is 11.4. The van der Waals surface area contributed by atoms with Crippen molar-refractivity contribution in [2.24, 2.45) is 5.92 Å². The predicted octanol–water partition coefficient (Wildman–Crippen LogP) is 3.08. The molecule has 2 aliphatic rings. The van der Waals surface area contributed by atoms with Crippen LogP contribution in [-0.2, 0) is 11.2 Å². The van der Waals surface area contributed by atoms with Gasteiger partial charge in [-0.3, -0.25) is 14.9 Å². The second-order valence-electron chi connectivity index (χ2n) is 6.45. The maximum Gasteiger partial charge on any atom is 0.294 e. The molecule has 0 unspecified atom stereocenters. The van der Waals surface area contributed by atoms with Crippen LogP contribution >= 0.6 is 0 Å². The van der Waals surface area contributed by atoms with Gasteiger partial charge in [0, 0.05) is 18.0 Å². The van der Waals surface area contributed by atoms with Gasteiger partial charge in [0.15, 0.2) is 0 Å². The fraction of sp³-hybridized carbons (Fsp3) is 0.533. The minimum Gasteiger partial charge on any atom is -0.374 e. The van der Waals surface area contributed by atoms with Crippen molar-refractivity contribution >= 4 is 23.0 Å². The first kappa shape index (κ1) is 13.9. The summed E-state index contributed by atoms with van der Waals surface area (Å²) in [7, 11) is 0. The van der Waals surface area contributed by atoms with Crippen LogP contribution in [0.25, 0.3) is 0 Å². The molecule has 0 atom stereocenters. The van der Waals surface area contributed by atoms with Crippen LogP contribution in [0.4, 0.5) is 17.1 Å². The minimum absolute atomic E-state index is 0.0182. The van der Waals surface area contributed by atoms with E-state index < -0.39 is 4.92 Å². The highest BCUT2D eigenvalue weighted by Crippen LogP contribution is 2.43. The number of carbonyl (C=O) groups excluding carboxylic acids is 1. The first-order chi connectivity index (χ1) is 9.87. The molecule has 0 spiro atoms. The van der Waals surface area contributed by atoms with E-state index in [0.717, 1.165) is 18.4 Å². The Hall–Kier alpha value is -2.11. The van der Waals surface area contributed by atoms with Crippen LogP contribution in [0.15, 0.2) is 12.1 Å². The molecule has 0 radical (unpaired) electrons. The molecule has 112 valence electrons. The van der Waals surface area contributed by atoms with E-state index in [0.29, 0.717) is 30.1 Å². The number of anilines is 2. The first-order valence-electron chi connectivity index (χ1n) is 7.26. The first-order valence-corrected chi connectivity index (χ1v) is 7.26. The summed E-state index contributed by atoms with van der Waals surface area (Å²) in [5, 5.41) is 17.4. The van der Waals surface area contributed by atoms with Gasteiger partial charge in [-0.05, 0) is 50.7 Å². The quantitative estimate of drug-likeness (QED) is 0.659. The highest BCUT2D eigenvalue weighted by atomic mass is 16.6. The van der Waals surface area contributed by atoms with Gasteiger partial charge in [0.2, 0.25) is 5.91 Å². The SMILES string of the molecule is CC(C)(Nc1cc2c(cc1[N+](=O)[O-])NC(=O)CC2)C1CC1. The predicted molar refractivity (Wildman–Crippen MR) is 80.5 cm³/mol. The van der Waals surface area contributed by atoms with Crippen LogP contribution in [0.3, 0.4) is 0 Å². The maximum atomic E-state index is 11.4. The zero-order chi connectivity index (χ0) is 15.2. The van der Waals surface area contributed by atoms with Crippen molar-refractivity contribution in [3.8, 4) is 0 Å². The van der Waals surface area contributed by atoms with Crippen LogP contribution in [-0.4, -0.2) is 16.4 Å². The van der Waals surface area contributed by atoms with E-state index in [1.54, 1.807) is 0 Å². The molecule has 21 heavy (non-hydrogen) atoms. The van der Waals surface area contributed by atoms with Crippen LogP contribution < -0.4 is 10.6 Å². The van der Waals surface area contributed by atoms with E-state index >= 15 is 0 Å². The topological polar surface area (TPSA) is 84.3 Å². The highest BCUT2D eigenvalue weighted by Gasteiger charge is 2.39. The van der Waals surface area contributed by atoms with E-state index in [4.69, 9.17) is 0 Å². The van der Waals surface area contributed by atoms with Crippen LogP contribution in [0.1, 0.15) is 38.7 Å². The number of amides is 1. The second kappa shape index (κ2) is 4.72. The van der Waals surface area contributed by atoms with Crippen LogP contribution in [0.5, 0.6) is 0 Å². The van der Waals surface area contributed by atoms with Crippen molar-refractivity contribution in [1.82, 2.24) is 0 Å². The molecular weight excluding hydrogens is 270 g/mol. The smallest absolute Gasteiger partial charge is 0.294 e. The molecule has 1 fully saturated rings. The molecule has 1 aliphatic heterocycles. The molecule has 1 aromatic rings. The number of hydrogen-bond donors (Lipinski definition) is 2. The van der Waals surface area contributed by atoms with Gasteiger partial charge < -0.3 is 10.6 Å². The number of rotatable bonds is 4. The largest absolute Gasteiger partial charge is 0.374 e. The van der Waals surface area contributed by atoms with Gasteiger partial charge in [-0.1, -0.05) is 0 Å². The molecule has 0 bridgehead atoms. The van der Waals surface area contributed by atoms with E-state index in [-0.39, 0.29) is 17.1 Å². The van der Waals surface area contributed by atoms with Crippen molar-refractivity contribution in [1.29, 1.82) is 0 Å². The average molecular weight is 289 g/mol. The molecule has 1 heterocycles. The summed E-state index contributed by atoms with van der Waals surface area (Å²) in [5.41, 5.74) is 1.93. The van der Waals surface area contributed by atoms with E-state index in [9.17, 15) is 14.9 Å². The molecule has 0 saturated heterocycles. The Bertz CT molecular complexity index is 621. The lowest BCUT2D eigenvalue weighted by atomic mass is 9.96. The summed E-state index contributed by atoms with van der Waals surface area (Å²) in [6.07, 6.45) is 3.37. The average Bonchev–Trinajstić information content (AvgIpc) is 3.22. The van der Waals surface area contributed by atoms with Gasteiger partial charge in [0.25, 0.3) is 5.69 Å². The number of aryl methyl sites for hydroxylation is 1. The number of benzene rings is 1. The second-order valence-corrected chi connectivity index (χ2v) is 6.45. The number of carbonyl (C=O) groups is 1. The Morgan fingerprint density at radius 1 is 1.33 bits per heavy atom. The zero-order valence-electron chi connectivity index (χ0n) is 12.2. The Balaban J connectivity index is 1.98. The van der Waals surface area contributed by atoms with Gasteiger partial charge in [-0.15, -0.1) is 0 Å². The summed E-state index contributed by atoms with van der Waals surface area (Å²) >= 11 is 0. The van der Waals surface area contributed by atoms with Crippen molar-refractivity contribution in [2.45, 2.75) is 45.1 Å². The van der Waals surface area contributed by atoms with Crippen molar-refractivity contribution in [2.75, 3.05) is 10.6 Å². The lowest BCUT2D eigenvalue weighted by Gasteiger charge is -2.28. The Morgan fingerprint density at radius 2 is 2.05 bits per heavy atom. The van der Waals surface area contributed by atoms with E-state index in [1.165, 1.54) is 6.07 Å². The Labute approximate surface area is 123 Å². The van der Waals surface area contributed by atoms with Gasteiger partial charge in [0.1, 0.15) is 5.69 Å². The number of nitro benzene ring substituents is 1. The standard InChI is InChI=1S/C15H19N3O3/c1-15(2,10-4-5-10)17-12-7-9-3-6-14(19)16-11(9)8-13(12)18(20)21/h7-8,10,17H,3-6H2,1-2H3,(H,16,19). The molecule has 6 nitrogen and oxygen atoms in total. The molecule has 1 aromatic carbocycles. The highest BCUT2D eigenvalue weighted by molar-refractivity contribution is 5.95. The number of nitrogens with zero attached hydrogens (tertiary/aromatic N) is 1. The summed E-state index contributed by atoms with van der Waals surface area (Å²) in [4.78, 5) is 22.3. The molecule has 1 aliphatic carbocycles. The molecule has 2 N–H and O–H groups in total. The van der Waals surface area contributed by atoms with Gasteiger partial charge in [-0.25, -0.2) is 0 Å². The third kappa shape index (κ3) is 2.70.